The number of benzene rings is 1. The van der Waals surface area contributed by atoms with Crippen LogP contribution in [0.3, 0.4) is 0 Å². The third-order valence-corrected chi connectivity index (χ3v) is 4.01. The van der Waals surface area contributed by atoms with Crippen LogP contribution in [0, 0.1) is 0 Å². The summed E-state index contributed by atoms with van der Waals surface area (Å²) in [5.41, 5.74) is 0.900. The predicted molar refractivity (Wildman–Crippen MR) is 59.0 cm³/mol. The van der Waals surface area contributed by atoms with Crippen molar-refractivity contribution in [3.05, 3.63) is 29.8 Å². The molecule has 82 valence electrons. The Hall–Kier alpha value is -0.870. The molecule has 0 unspecified atom stereocenters. The van der Waals surface area contributed by atoms with Crippen molar-refractivity contribution < 1.29 is 8.42 Å². The average Bonchev–Trinajstić information content (AvgIpc) is 2.69. The van der Waals surface area contributed by atoms with Gasteiger partial charge < -0.3 is 0 Å². The Labute approximate surface area is 90.4 Å². The fraction of sp³-hybridized carbons (Fsp3) is 0.455. The first kappa shape index (κ1) is 10.6. The molecule has 0 aromatic heterocycles. The van der Waals surface area contributed by atoms with Gasteiger partial charge in [0.25, 0.3) is 0 Å². The van der Waals surface area contributed by atoms with E-state index in [9.17, 15) is 8.42 Å². The van der Waals surface area contributed by atoms with Crippen molar-refractivity contribution in [3.8, 4) is 0 Å². The highest BCUT2D eigenvalue weighted by atomic mass is 32.2. The summed E-state index contributed by atoms with van der Waals surface area (Å²) in [7, 11) is -3.57. The standard InChI is InChI=1S/C11H15NO2S/c12-15(13,14)11-8-4-3-7-10(11)9-5-1-2-6-9/h3-4,7-9H,1-2,5-6H2,(H2,12,13,14). The van der Waals surface area contributed by atoms with Crippen molar-refractivity contribution in [1.29, 1.82) is 0 Å². The fourth-order valence-electron chi connectivity index (χ4n) is 2.31. The average molecular weight is 225 g/mol. The number of nitrogens with two attached hydrogens (primary N) is 1. The Morgan fingerprint density at radius 1 is 1.13 bits per heavy atom. The van der Waals surface area contributed by atoms with E-state index in [1.807, 2.05) is 12.1 Å². The van der Waals surface area contributed by atoms with Crippen molar-refractivity contribution in [2.24, 2.45) is 5.14 Å². The Morgan fingerprint density at radius 3 is 2.33 bits per heavy atom. The molecule has 0 bridgehead atoms. The van der Waals surface area contributed by atoms with Crippen molar-refractivity contribution in [2.75, 3.05) is 0 Å². The van der Waals surface area contributed by atoms with Crippen LogP contribution in [-0.2, 0) is 10.0 Å². The number of rotatable bonds is 2. The van der Waals surface area contributed by atoms with Gasteiger partial charge in [-0.1, -0.05) is 31.0 Å². The SMILES string of the molecule is NS(=O)(=O)c1ccccc1C1CCCC1. The van der Waals surface area contributed by atoms with E-state index < -0.39 is 10.0 Å². The minimum Gasteiger partial charge on any atom is -0.225 e. The van der Waals surface area contributed by atoms with Gasteiger partial charge in [0.15, 0.2) is 0 Å². The second-order valence-electron chi connectivity index (χ2n) is 4.06. The first-order chi connectivity index (χ1) is 7.09. The molecule has 1 fully saturated rings. The van der Waals surface area contributed by atoms with E-state index in [0.29, 0.717) is 10.8 Å². The van der Waals surface area contributed by atoms with E-state index in [-0.39, 0.29) is 0 Å². The molecule has 4 heteroatoms. The normalized spacial score (nSPS) is 18.2. The van der Waals surface area contributed by atoms with Crippen molar-refractivity contribution in [3.63, 3.8) is 0 Å². The maximum Gasteiger partial charge on any atom is 0.238 e. The van der Waals surface area contributed by atoms with Crippen molar-refractivity contribution in [1.82, 2.24) is 0 Å². The van der Waals surface area contributed by atoms with Crippen LogP contribution in [0.1, 0.15) is 37.2 Å². The van der Waals surface area contributed by atoms with Gasteiger partial charge in [0, 0.05) is 0 Å². The second kappa shape index (κ2) is 3.94. The summed E-state index contributed by atoms with van der Waals surface area (Å²) >= 11 is 0. The zero-order valence-electron chi connectivity index (χ0n) is 8.52. The molecular weight excluding hydrogens is 210 g/mol. The van der Waals surface area contributed by atoms with Crippen LogP contribution in [0.4, 0.5) is 0 Å². The first-order valence-electron chi connectivity index (χ1n) is 5.21. The van der Waals surface area contributed by atoms with Gasteiger partial charge >= 0.3 is 0 Å². The number of hydrogen-bond acceptors (Lipinski definition) is 2. The van der Waals surface area contributed by atoms with Gasteiger partial charge in [0.05, 0.1) is 4.90 Å². The molecule has 0 heterocycles. The summed E-state index contributed by atoms with van der Waals surface area (Å²) in [5, 5.41) is 5.20. The smallest absolute Gasteiger partial charge is 0.225 e. The topological polar surface area (TPSA) is 60.2 Å². The number of hydrogen-bond donors (Lipinski definition) is 1. The molecule has 0 radical (unpaired) electrons. The number of sulfonamides is 1. The molecule has 2 N–H and O–H groups in total. The molecular formula is C11H15NO2S. The maximum absolute atomic E-state index is 11.4. The largest absolute Gasteiger partial charge is 0.238 e. The monoisotopic (exact) mass is 225 g/mol. The van der Waals surface area contributed by atoms with E-state index in [4.69, 9.17) is 5.14 Å². The minimum atomic E-state index is -3.57. The Bertz CT molecular complexity index is 447. The fourth-order valence-corrected chi connectivity index (χ4v) is 3.15. The van der Waals surface area contributed by atoms with E-state index >= 15 is 0 Å². The third kappa shape index (κ3) is 2.21. The maximum atomic E-state index is 11.4. The Balaban J connectivity index is 2.46. The minimum absolute atomic E-state index is 0.303. The van der Waals surface area contributed by atoms with Gasteiger partial charge in [-0.15, -0.1) is 0 Å². The van der Waals surface area contributed by atoms with E-state index in [1.54, 1.807) is 12.1 Å². The lowest BCUT2D eigenvalue weighted by Crippen LogP contribution is -2.15. The highest BCUT2D eigenvalue weighted by Gasteiger charge is 2.23. The first-order valence-corrected chi connectivity index (χ1v) is 6.75. The highest BCUT2D eigenvalue weighted by Crippen LogP contribution is 2.36. The molecule has 1 aromatic rings. The van der Waals surface area contributed by atoms with Crippen LogP contribution in [0.15, 0.2) is 29.2 Å². The van der Waals surface area contributed by atoms with E-state index in [2.05, 4.69) is 0 Å². The lowest BCUT2D eigenvalue weighted by atomic mass is 9.98. The van der Waals surface area contributed by atoms with Crippen LogP contribution in [0.25, 0.3) is 0 Å². The highest BCUT2D eigenvalue weighted by molar-refractivity contribution is 7.89. The van der Waals surface area contributed by atoms with Crippen LogP contribution >= 0.6 is 0 Å². The molecule has 1 aliphatic carbocycles. The van der Waals surface area contributed by atoms with Crippen molar-refractivity contribution in [2.45, 2.75) is 36.5 Å². The Kier molecular flexibility index (Phi) is 2.80. The summed E-state index contributed by atoms with van der Waals surface area (Å²) in [6.45, 7) is 0. The van der Waals surface area contributed by atoms with Crippen LogP contribution in [0.2, 0.25) is 0 Å². The summed E-state index contributed by atoms with van der Waals surface area (Å²) in [4.78, 5) is 0.303. The van der Waals surface area contributed by atoms with E-state index in [1.165, 1.54) is 12.8 Å². The zero-order valence-corrected chi connectivity index (χ0v) is 9.33. The quantitative estimate of drug-likeness (QED) is 0.836. The second-order valence-corrected chi connectivity index (χ2v) is 5.59. The zero-order chi connectivity index (χ0) is 10.9. The lowest BCUT2D eigenvalue weighted by Gasteiger charge is -2.13. The molecule has 0 saturated heterocycles. The van der Waals surface area contributed by atoms with Crippen LogP contribution < -0.4 is 5.14 Å². The number of primary sulfonamides is 1. The molecule has 1 aromatic carbocycles. The van der Waals surface area contributed by atoms with Gasteiger partial charge in [-0.05, 0) is 30.4 Å². The lowest BCUT2D eigenvalue weighted by molar-refractivity contribution is 0.593. The summed E-state index contributed by atoms with van der Waals surface area (Å²) < 4.78 is 22.8. The van der Waals surface area contributed by atoms with Crippen molar-refractivity contribution >= 4 is 10.0 Å². The van der Waals surface area contributed by atoms with Crippen LogP contribution in [0.5, 0.6) is 0 Å². The molecule has 1 aliphatic rings. The summed E-state index contributed by atoms with van der Waals surface area (Å²) in [6.07, 6.45) is 4.52. The Morgan fingerprint density at radius 2 is 1.73 bits per heavy atom. The van der Waals surface area contributed by atoms with Gasteiger partial charge in [-0.2, -0.15) is 0 Å². The molecule has 0 spiro atoms. The molecule has 0 atom stereocenters. The third-order valence-electron chi connectivity index (χ3n) is 3.02. The van der Waals surface area contributed by atoms with Gasteiger partial charge in [0.1, 0.15) is 0 Å². The summed E-state index contributed by atoms with van der Waals surface area (Å²) in [6, 6.07) is 7.08. The predicted octanol–water partition coefficient (Wildman–Crippen LogP) is 1.99. The molecule has 15 heavy (non-hydrogen) atoms. The van der Waals surface area contributed by atoms with Gasteiger partial charge in [-0.25, -0.2) is 13.6 Å². The molecule has 3 nitrogen and oxygen atoms in total. The van der Waals surface area contributed by atoms with E-state index in [0.717, 1.165) is 18.4 Å². The molecule has 1 saturated carbocycles. The molecule has 0 amide bonds. The molecule has 2 rings (SSSR count). The van der Waals surface area contributed by atoms with Gasteiger partial charge in [0.2, 0.25) is 10.0 Å². The van der Waals surface area contributed by atoms with Gasteiger partial charge in [-0.3, -0.25) is 0 Å². The van der Waals surface area contributed by atoms with Crippen LogP contribution in [-0.4, -0.2) is 8.42 Å². The molecule has 0 aliphatic heterocycles. The summed E-state index contributed by atoms with van der Waals surface area (Å²) in [5.74, 6) is 0.375.